The molecule has 1 aliphatic rings. The minimum atomic E-state index is -3.11. The number of carbonyl (C=O) groups excluding carboxylic acids is 2. The van der Waals surface area contributed by atoms with Crippen molar-refractivity contribution in [2.45, 2.75) is 26.0 Å². The summed E-state index contributed by atoms with van der Waals surface area (Å²) < 4.78 is 51.1. The van der Waals surface area contributed by atoms with E-state index < -0.39 is 12.5 Å². The first-order chi connectivity index (χ1) is 20.3. The fourth-order valence-corrected chi connectivity index (χ4v) is 5.18. The van der Waals surface area contributed by atoms with Crippen LogP contribution in [0.15, 0.2) is 66.9 Å². The Kier molecular flexibility index (Phi) is 9.06. The van der Waals surface area contributed by atoms with E-state index in [-0.39, 0.29) is 42.1 Å². The molecule has 3 aromatic carbocycles. The highest BCUT2D eigenvalue weighted by Crippen LogP contribution is 2.32. The van der Waals surface area contributed by atoms with Gasteiger partial charge in [0.15, 0.2) is 0 Å². The monoisotopic (exact) mass is 580 g/mol. The SMILES string of the molecule is COCCNC(=O)c1ccc2nn(CC3CCN(C(=O)c4ccc(-c5ccc(F)cc5)cc4)CC3)cc2c1OC(F)F. The third-order valence-corrected chi connectivity index (χ3v) is 7.39. The zero-order valence-electron chi connectivity index (χ0n) is 23.1. The van der Waals surface area contributed by atoms with Gasteiger partial charge in [-0.3, -0.25) is 14.3 Å². The van der Waals surface area contributed by atoms with E-state index in [1.54, 1.807) is 41.2 Å². The third kappa shape index (κ3) is 6.73. The van der Waals surface area contributed by atoms with Gasteiger partial charge in [0.25, 0.3) is 11.8 Å². The van der Waals surface area contributed by atoms with Crippen molar-refractivity contribution in [1.82, 2.24) is 20.0 Å². The number of nitrogens with zero attached hydrogens (tertiary/aromatic N) is 3. The van der Waals surface area contributed by atoms with Crippen LogP contribution in [-0.2, 0) is 11.3 Å². The molecule has 0 bridgehead atoms. The Morgan fingerprint density at radius 1 is 1.00 bits per heavy atom. The summed E-state index contributed by atoms with van der Waals surface area (Å²) in [5, 5.41) is 7.48. The van der Waals surface area contributed by atoms with Crippen molar-refractivity contribution < 1.29 is 32.2 Å². The molecule has 1 saturated heterocycles. The lowest BCUT2D eigenvalue weighted by molar-refractivity contribution is -0.0491. The topological polar surface area (TPSA) is 85.7 Å². The predicted octanol–water partition coefficient (Wildman–Crippen LogP) is 5.37. The van der Waals surface area contributed by atoms with Crippen LogP contribution < -0.4 is 10.1 Å². The van der Waals surface area contributed by atoms with Crippen molar-refractivity contribution in [2.75, 3.05) is 33.4 Å². The molecule has 0 aliphatic carbocycles. The largest absolute Gasteiger partial charge is 0.433 e. The summed E-state index contributed by atoms with van der Waals surface area (Å²) in [6.07, 6.45) is 3.13. The summed E-state index contributed by atoms with van der Waals surface area (Å²) in [7, 11) is 1.50. The number of benzene rings is 3. The molecule has 5 rings (SSSR count). The van der Waals surface area contributed by atoms with Crippen LogP contribution in [0.4, 0.5) is 13.2 Å². The summed E-state index contributed by atoms with van der Waals surface area (Å²) >= 11 is 0. The molecule has 1 aromatic heterocycles. The Bertz CT molecular complexity index is 1530. The second-order valence-corrected chi connectivity index (χ2v) is 10.2. The molecule has 11 heteroatoms. The summed E-state index contributed by atoms with van der Waals surface area (Å²) in [5.74, 6) is -0.878. The smallest absolute Gasteiger partial charge is 0.387 e. The number of piperidine rings is 1. The fraction of sp³-hybridized carbons (Fsp3) is 0.323. The van der Waals surface area contributed by atoms with Crippen molar-refractivity contribution in [3.63, 3.8) is 0 Å². The summed E-state index contributed by atoms with van der Waals surface area (Å²) in [4.78, 5) is 27.5. The number of nitrogens with one attached hydrogen (secondary N) is 1. The first kappa shape index (κ1) is 29.1. The van der Waals surface area contributed by atoms with E-state index in [9.17, 15) is 22.8 Å². The average molecular weight is 581 g/mol. The van der Waals surface area contributed by atoms with Gasteiger partial charge in [0.2, 0.25) is 0 Å². The number of fused-ring (bicyclic) bond motifs is 1. The van der Waals surface area contributed by atoms with Crippen molar-refractivity contribution in [2.24, 2.45) is 5.92 Å². The third-order valence-electron chi connectivity index (χ3n) is 7.39. The number of hydrogen-bond donors (Lipinski definition) is 1. The first-order valence-corrected chi connectivity index (χ1v) is 13.7. The molecule has 4 aromatic rings. The second kappa shape index (κ2) is 13.1. The van der Waals surface area contributed by atoms with Gasteiger partial charge in [-0.2, -0.15) is 13.9 Å². The van der Waals surface area contributed by atoms with Crippen LogP contribution in [-0.4, -0.2) is 66.5 Å². The van der Waals surface area contributed by atoms with Crippen LogP contribution in [0.3, 0.4) is 0 Å². The molecule has 0 atom stereocenters. The Morgan fingerprint density at radius 3 is 2.31 bits per heavy atom. The van der Waals surface area contributed by atoms with Gasteiger partial charge >= 0.3 is 6.61 Å². The summed E-state index contributed by atoms with van der Waals surface area (Å²) in [5.41, 5.74) is 2.80. The molecule has 0 radical (unpaired) electrons. The second-order valence-electron chi connectivity index (χ2n) is 10.2. The van der Waals surface area contributed by atoms with E-state index >= 15 is 0 Å². The first-order valence-electron chi connectivity index (χ1n) is 13.7. The molecule has 2 heterocycles. The molecule has 1 N–H and O–H groups in total. The van der Waals surface area contributed by atoms with E-state index in [1.807, 2.05) is 17.0 Å². The van der Waals surface area contributed by atoms with Crippen molar-refractivity contribution in [3.05, 3.63) is 83.8 Å². The van der Waals surface area contributed by atoms with E-state index in [4.69, 9.17) is 9.47 Å². The lowest BCUT2D eigenvalue weighted by atomic mass is 9.96. The van der Waals surface area contributed by atoms with Crippen molar-refractivity contribution >= 4 is 22.7 Å². The highest BCUT2D eigenvalue weighted by molar-refractivity contribution is 6.03. The van der Waals surface area contributed by atoms with E-state index in [2.05, 4.69) is 10.4 Å². The predicted molar refractivity (Wildman–Crippen MR) is 151 cm³/mol. The van der Waals surface area contributed by atoms with Crippen LogP contribution in [0, 0.1) is 11.7 Å². The molecule has 1 aliphatic heterocycles. The van der Waals surface area contributed by atoms with Gasteiger partial charge in [-0.15, -0.1) is 0 Å². The molecule has 220 valence electrons. The number of amides is 2. The van der Waals surface area contributed by atoms with Gasteiger partial charge in [-0.25, -0.2) is 4.39 Å². The molecule has 42 heavy (non-hydrogen) atoms. The van der Waals surface area contributed by atoms with Crippen LogP contribution in [0.25, 0.3) is 22.0 Å². The molecular formula is C31H31F3N4O4. The van der Waals surface area contributed by atoms with Gasteiger partial charge in [0.05, 0.1) is 23.1 Å². The number of rotatable bonds is 10. The minimum absolute atomic E-state index is 0.00373. The van der Waals surface area contributed by atoms with Gasteiger partial charge in [-0.05, 0) is 66.3 Å². The normalized spacial score (nSPS) is 14.0. The molecule has 2 amide bonds. The average Bonchev–Trinajstić information content (AvgIpc) is 3.41. The zero-order chi connectivity index (χ0) is 29.6. The van der Waals surface area contributed by atoms with Gasteiger partial charge in [0.1, 0.15) is 11.6 Å². The lowest BCUT2D eigenvalue weighted by Crippen LogP contribution is -2.39. The maximum atomic E-state index is 13.3. The Balaban J connectivity index is 1.22. The molecule has 0 unspecified atom stereocenters. The number of alkyl halides is 2. The number of likely N-dealkylation sites (tertiary alicyclic amines) is 1. The Morgan fingerprint density at radius 2 is 1.67 bits per heavy atom. The molecule has 0 saturated carbocycles. The quantitative estimate of drug-likeness (QED) is 0.255. The Hall–Kier alpha value is -4.38. The molecule has 0 spiro atoms. The highest BCUT2D eigenvalue weighted by Gasteiger charge is 2.25. The van der Waals surface area contributed by atoms with Crippen LogP contribution in [0.2, 0.25) is 0 Å². The minimum Gasteiger partial charge on any atom is -0.433 e. The summed E-state index contributed by atoms with van der Waals surface area (Å²) in [6, 6.07) is 16.5. The molecular weight excluding hydrogens is 549 g/mol. The number of ether oxygens (including phenoxy) is 2. The maximum Gasteiger partial charge on any atom is 0.387 e. The van der Waals surface area contributed by atoms with Gasteiger partial charge in [-0.1, -0.05) is 24.3 Å². The van der Waals surface area contributed by atoms with Crippen LogP contribution >= 0.6 is 0 Å². The van der Waals surface area contributed by atoms with E-state index in [1.165, 1.54) is 25.3 Å². The number of halogens is 3. The number of methoxy groups -OCH3 is 1. The van der Waals surface area contributed by atoms with Gasteiger partial charge < -0.3 is 19.7 Å². The number of carbonyl (C=O) groups is 2. The number of aromatic nitrogens is 2. The molecule has 8 nitrogen and oxygen atoms in total. The zero-order valence-corrected chi connectivity index (χ0v) is 23.1. The maximum absolute atomic E-state index is 13.3. The molecule has 1 fully saturated rings. The fourth-order valence-electron chi connectivity index (χ4n) is 5.18. The van der Waals surface area contributed by atoms with Gasteiger partial charge in [0, 0.05) is 45.0 Å². The Labute approximate surface area is 241 Å². The standard InChI is InChI=1S/C31H31F3N4O4/c1-41-17-14-35-29(39)25-10-11-27-26(28(25)42-31(33)34)19-38(36-27)18-20-12-15-37(16-13-20)30(40)23-4-2-21(3-5-23)22-6-8-24(32)9-7-22/h2-11,19-20,31H,12-18H2,1H3,(H,35,39). The van der Waals surface area contributed by atoms with Crippen molar-refractivity contribution in [1.29, 1.82) is 0 Å². The number of hydrogen-bond acceptors (Lipinski definition) is 5. The van der Waals surface area contributed by atoms with Crippen molar-refractivity contribution in [3.8, 4) is 16.9 Å². The summed E-state index contributed by atoms with van der Waals surface area (Å²) in [6.45, 7) is -0.906. The van der Waals surface area contributed by atoms with E-state index in [0.29, 0.717) is 36.1 Å². The van der Waals surface area contributed by atoms with Crippen LogP contribution in [0.5, 0.6) is 5.75 Å². The lowest BCUT2D eigenvalue weighted by Gasteiger charge is -2.32. The van der Waals surface area contributed by atoms with E-state index in [0.717, 1.165) is 24.0 Å². The highest BCUT2D eigenvalue weighted by atomic mass is 19.3. The van der Waals surface area contributed by atoms with Crippen LogP contribution in [0.1, 0.15) is 33.6 Å².